The highest BCUT2D eigenvalue weighted by molar-refractivity contribution is 7.92. The second-order valence-corrected chi connectivity index (χ2v) is 10.1. The third kappa shape index (κ3) is 4.76. The summed E-state index contributed by atoms with van der Waals surface area (Å²) in [6, 6.07) is 18.7. The number of rotatable bonds is 2. The molecule has 182 valence electrons. The fourth-order valence-electron chi connectivity index (χ4n) is 4.07. The molecular weight excluding hydrogens is 478 g/mol. The average molecular weight is 502 g/mol. The zero-order valence-corrected chi connectivity index (χ0v) is 20.4. The first-order valence-corrected chi connectivity index (χ1v) is 12.7. The summed E-state index contributed by atoms with van der Waals surface area (Å²) in [7, 11) is -4.09. The average Bonchev–Trinajstić information content (AvgIpc) is 2.86. The van der Waals surface area contributed by atoms with Gasteiger partial charge < -0.3 is 10.1 Å². The summed E-state index contributed by atoms with van der Waals surface area (Å²) in [5, 5.41) is 2.82. The number of carbonyl (C=O) groups excluding carboxylic acids is 1. The van der Waals surface area contributed by atoms with Crippen molar-refractivity contribution in [3.63, 3.8) is 0 Å². The van der Waals surface area contributed by atoms with Gasteiger partial charge in [-0.25, -0.2) is 18.1 Å². The number of amides is 1. The van der Waals surface area contributed by atoms with Crippen molar-refractivity contribution in [2.24, 2.45) is 0 Å². The monoisotopic (exact) mass is 501 g/mol. The lowest BCUT2D eigenvalue weighted by Crippen LogP contribution is -2.31. The minimum absolute atomic E-state index is 0.0817. The van der Waals surface area contributed by atoms with Crippen LogP contribution in [0.4, 0.5) is 5.95 Å². The van der Waals surface area contributed by atoms with Gasteiger partial charge in [-0.1, -0.05) is 30.3 Å². The highest BCUT2D eigenvalue weighted by atomic mass is 32.2. The van der Waals surface area contributed by atoms with Gasteiger partial charge in [-0.05, 0) is 55.3 Å². The quantitative estimate of drug-likeness (QED) is 0.428. The molecule has 5 rings (SSSR count). The normalized spacial score (nSPS) is 16.8. The Morgan fingerprint density at radius 3 is 2.47 bits per heavy atom. The number of hydrogen-bond acceptors (Lipinski definition) is 7. The number of carbonyl (C=O) groups is 1. The van der Waals surface area contributed by atoms with E-state index in [-0.39, 0.29) is 28.8 Å². The predicted molar refractivity (Wildman–Crippen MR) is 134 cm³/mol. The van der Waals surface area contributed by atoms with E-state index in [1.165, 1.54) is 18.2 Å². The van der Waals surface area contributed by atoms with Crippen LogP contribution in [0.3, 0.4) is 0 Å². The van der Waals surface area contributed by atoms with Gasteiger partial charge in [0.25, 0.3) is 15.9 Å². The van der Waals surface area contributed by atoms with Crippen LogP contribution in [-0.2, 0) is 10.0 Å². The van der Waals surface area contributed by atoms with E-state index in [4.69, 9.17) is 4.74 Å². The van der Waals surface area contributed by atoms with Crippen molar-refractivity contribution in [3.05, 3.63) is 95.3 Å². The van der Waals surface area contributed by atoms with Crippen LogP contribution in [-0.4, -0.2) is 35.8 Å². The molecule has 0 saturated carbocycles. The van der Waals surface area contributed by atoms with Gasteiger partial charge in [-0.2, -0.15) is 4.98 Å². The van der Waals surface area contributed by atoms with E-state index in [0.717, 1.165) is 16.7 Å². The van der Waals surface area contributed by atoms with Crippen LogP contribution in [0.5, 0.6) is 5.88 Å². The lowest BCUT2D eigenvalue weighted by Gasteiger charge is -2.20. The number of aryl methyl sites for hydroxylation is 2. The van der Waals surface area contributed by atoms with Crippen molar-refractivity contribution in [1.29, 1.82) is 0 Å². The number of fused-ring (bicyclic) bond motifs is 4. The van der Waals surface area contributed by atoms with E-state index in [1.807, 2.05) is 38.1 Å². The van der Waals surface area contributed by atoms with E-state index in [9.17, 15) is 13.2 Å². The SMILES string of the molecule is Cc1cccc(C)c1-c1cc2nc(n1)NS(=O)(=O)c1cccc(c1)C(=O)NCC(c1ccccn1)O2. The second kappa shape index (κ2) is 9.38. The van der Waals surface area contributed by atoms with Crippen molar-refractivity contribution in [1.82, 2.24) is 20.3 Å². The van der Waals surface area contributed by atoms with Gasteiger partial charge in [-0.15, -0.1) is 0 Å². The summed E-state index contributed by atoms with van der Waals surface area (Å²) in [5.74, 6) is -0.449. The van der Waals surface area contributed by atoms with Gasteiger partial charge in [0.2, 0.25) is 11.8 Å². The molecule has 3 heterocycles. The van der Waals surface area contributed by atoms with Gasteiger partial charge >= 0.3 is 0 Å². The minimum Gasteiger partial charge on any atom is -0.466 e. The van der Waals surface area contributed by atoms with Gasteiger partial charge in [0.15, 0.2) is 6.10 Å². The lowest BCUT2D eigenvalue weighted by molar-refractivity contribution is 0.0924. The zero-order chi connectivity index (χ0) is 25.3. The molecule has 9 nitrogen and oxygen atoms in total. The molecule has 2 aromatic carbocycles. The molecule has 1 atom stereocenters. The zero-order valence-electron chi connectivity index (χ0n) is 19.6. The molecule has 1 aliphatic rings. The van der Waals surface area contributed by atoms with Crippen molar-refractivity contribution >= 4 is 21.9 Å². The van der Waals surface area contributed by atoms with Crippen LogP contribution >= 0.6 is 0 Å². The number of benzene rings is 2. The van der Waals surface area contributed by atoms with Gasteiger partial charge in [0, 0.05) is 23.4 Å². The Labute approximate surface area is 208 Å². The molecule has 36 heavy (non-hydrogen) atoms. The molecule has 1 unspecified atom stereocenters. The molecule has 1 amide bonds. The number of pyridine rings is 1. The lowest BCUT2D eigenvalue weighted by atomic mass is 10.00. The number of nitrogens with zero attached hydrogens (tertiary/aromatic N) is 3. The first-order chi connectivity index (χ1) is 17.3. The van der Waals surface area contributed by atoms with E-state index in [1.54, 1.807) is 30.5 Å². The largest absolute Gasteiger partial charge is 0.466 e. The summed E-state index contributed by atoms with van der Waals surface area (Å²) in [5.41, 5.74) is 4.05. The Hall–Kier alpha value is -4.31. The Balaban J connectivity index is 1.69. The van der Waals surface area contributed by atoms with Crippen molar-refractivity contribution in [3.8, 4) is 17.1 Å². The van der Waals surface area contributed by atoms with E-state index >= 15 is 0 Å². The van der Waals surface area contributed by atoms with Crippen LogP contribution in [0.1, 0.15) is 33.3 Å². The number of sulfonamides is 1. The molecule has 4 bridgehead atoms. The molecule has 0 saturated heterocycles. The minimum atomic E-state index is -4.09. The second-order valence-electron chi connectivity index (χ2n) is 8.39. The number of nitrogens with one attached hydrogen (secondary N) is 2. The maximum absolute atomic E-state index is 13.2. The van der Waals surface area contributed by atoms with Gasteiger partial charge in [0.05, 0.1) is 22.8 Å². The number of ether oxygens (including phenoxy) is 1. The first kappa shape index (κ1) is 23.4. The molecule has 2 aromatic heterocycles. The number of anilines is 1. The molecular formula is C26H23N5O4S. The molecule has 0 fully saturated rings. The number of hydrogen-bond donors (Lipinski definition) is 2. The van der Waals surface area contributed by atoms with E-state index in [2.05, 4.69) is 25.0 Å². The Kier molecular flexibility index (Phi) is 6.11. The Morgan fingerprint density at radius 2 is 1.72 bits per heavy atom. The smallest absolute Gasteiger partial charge is 0.264 e. The van der Waals surface area contributed by atoms with Crippen molar-refractivity contribution in [2.75, 3.05) is 11.3 Å². The molecule has 0 spiro atoms. The summed E-state index contributed by atoms with van der Waals surface area (Å²) < 4.78 is 35.0. The standard InChI is InChI=1S/C26H23N5O4S/c1-16-7-5-8-17(2)24(16)21-14-23-30-26(29-21)31-36(33,34)19-10-6-9-18(13-19)25(32)28-15-22(35-23)20-11-3-4-12-27-20/h3-14,22H,15H2,1-2H3,(H,28,32)(H,29,30,31). The van der Waals surface area contributed by atoms with Crippen LogP contribution in [0.25, 0.3) is 11.3 Å². The molecule has 10 heteroatoms. The highest BCUT2D eigenvalue weighted by Gasteiger charge is 2.24. The molecule has 2 N–H and O–H groups in total. The third-order valence-corrected chi connectivity index (χ3v) is 7.13. The first-order valence-electron chi connectivity index (χ1n) is 11.2. The molecule has 0 aliphatic carbocycles. The summed E-state index contributed by atoms with van der Waals surface area (Å²) in [4.78, 5) is 26.0. The topological polar surface area (TPSA) is 123 Å². The third-order valence-electron chi connectivity index (χ3n) is 5.80. The molecule has 4 aromatic rings. The summed E-state index contributed by atoms with van der Waals surface area (Å²) >= 11 is 0. The summed E-state index contributed by atoms with van der Waals surface area (Å²) in [6.07, 6.45) is 0.941. The fraction of sp³-hybridized carbons (Fsp3) is 0.154. The van der Waals surface area contributed by atoms with E-state index in [0.29, 0.717) is 11.4 Å². The van der Waals surface area contributed by atoms with Crippen molar-refractivity contribution in [2.45, 2.75) is 24.8 Å². The van der Waals surface area contributed by atoms with Gasteiger partial charge in [-0.3, -0.25) is 9.78 Å². The highest BCUT2D eigenvalue weighted by Crippen LogP contribution is 2.31. The number of aromatic nitrogens is 3. The Bertz CT molecular complexity index is 1540. The molecule has 0 radical (unpaired) electrons. The van der Waals surface area contributed by atoms with E-state index < -0.39 is 22.0 Å². The van der Waals surface area contributed by atoms with Crippen LogP contribution < -0.4 is 14.8 Å². The Morgan fingerprint density at radius 1 is 0.944 bits per heavy atom. The van der Waals surface area contributed by atoms with Crippen LogP contribution in [0.2, 0.25) is 0 Å². The maximum atomic E-state index is 13.2. The predicted octanol–water partition coefficient (Wildman–Crippen LogP) is 3.82. The van der Waals surface area contributed by atoms with Crippen molar-refractivity contribution < 1.29 is 17.9 Å². The van der Waals surface area contributed by atoms with Gasteiger partial charge in [0.1, 0.15) is 0 Å². The molecule has 1 aliphatic heterocycles. The summed E-state index contributed by atoms with van der Waals surface area (Å²) in [6.45, 7) is 3.99. The van der Waals surface area contributed by atoms with Crippen LogP contribution in [0.15, 0.2) is 77.8 Å². The van der Waals surface area contributed by atoms with Crippen LogP contribution in [0, 0.1) is 13.8 Å². The maximum Gasteiger partial charge on any atom is 0.264 e. The fourth-order valence-corrected chi connectivity index (χ4v) is 5.06.